The number of ether oxygens (including phenoxy) is 3. The molecule has 1 heterocycles. The Balaban J connectivity index is 1.77. The first kappa shape index (κ1) is 22.6. The monoisotopic (exact) mass is 434 g/mol. The molecule has 6 heteroatoms. The van der Waals surface area contributed by atoms with Crippen LogP contribution < -0.4 is 0 Å². The van der Waals surface area contributed by atoms with Crippen molar-refractivity contribution < 1.29 is 28.6 Å². The van der Waals surface area contributed by atoms with Gasteiger partial charge in [-0.3, -0.25) is 14.4 Å². The van der Waals surface area contributed by atoms with E-state index in [2.05, 4.69) is 20.8 Å². The Morgan fingerprint density at radius 3 is 2.55 bits per heavy atom. The first-order valence-corrected chi connectivity index (χ1v) is 12.0. The van der Waals surface area contributed by atoms with Gasteiger partial charge in [0.25, 0.3) is 0 Å². The Morgan fingerprint density at radius 2 is 1.87 bits per heavy atom. The number of carbonyl (C=O) groups is 3. The highest BCUT2D eigenvalue weighted by atomic mass is 16.6. The maximum Gasteiger partial charge on any atom is 0.313 e. The van der Waals surface area contributed by atoms with Gasteiger partial charge in [-0.15, -0.1) is 0 Å². The lowest BCUT2D eigenvalue weighted by Crippen LogP contribution is -2.64. The van der Waals surface area contributed by atoms with Crippen LogP contribution in [0.3, 0.4) is 0 Å². The van der Waals surface area contributed by atoms with E-state index in [1.807, 2.05) is 6.92 Å². The summed E-state index contributed by atoms with van der Waals surface area (Å²) in [5, 5.41) is 0. The van der Waals surface area contributed by atoms with E-state index in [-0.39, 0.29) is 51.9 Å². The summed E-state index contributed by atoms with van der Waals surface area (Å²) in [7, 11) is 0. The highest BCUT2D eigenvalue weighted by molar-refractivity contribution is 5.77. The minimum absolute atomic E-state index is 0.0350. The molecule has 0 bridgehead atoms. The van der Waals surface area contributed by atoms with Crippen LogP contribution in [-0.2, 0) is 28.6 Å². The van der Waals surface area contributed by atoms with Crippen LogP contribution in [0.2, 0.25) is 0 Å². The van der Waals surface area contributed by atoms with Crippen molar-refractivity contribution in [2.45, 2.75) is 85.7 Å². The molecule has 0 spiro atoms. The molecule has 0 aromatic heterocycles. The van der Waals surface area contributed by atoms with E-state index in [9.17, 15) is 14.4 Å². The number of hydrogen-bond donors (Lipinski definition) is 0. The predicted octanol–water partition coefficient (Wildman–Crippen LogP) is 4.29. The molecule has 0 radical (unpaired) electrons. The van der Waals surface area contributed by atoms with Crippen molar-refractivity contribution in [2.75, 3.05) is 13.2 Å². The zero-order valence-electron chi connectivity index (χ0n) is 19.7. The number of esters is 3. The summed E-state index contributed by atoms with van der Waals surface area (Å²) in [6, 6.07) is 0. The Hall–Kier alpha value is -1.59. The molecule has 1 saturated heterocycles. The van der Waals surface area contributed by atoms with Gasteiger partial charge in [-0.25, -0.2) is 0 Å². The molecule has 3 aliphatic carbocycles. The second kappa shape index (κ2) is 7.77. The molecule has 0 amide bonds. The van der Waals surface area contributed by atoms with E-state index in [4.69, 9.17) is 14.2 Å². The summed E-state index contributed by atoms with van der Waals surface area (Å²) in [6.45, 7) is 11.1. The lowest BCUT2D eigenvalue weighted by Gasteiger charge is -2.66. The van der Waals surface area contributed by atoms with Crippen LogP contribution in [0.4, 0.5) is 0 Å². The van der Waals surface area contributed by atoms with Crippen LogP contribution in [0.5, 0.6) is 0 Å². The predicted molar refractivity (Wildman–Crippen MR) is 114 cm³/mol. The summed E-state index contributed by atoms with van der Waals surface area (Å²) >= 11 is 0. The zero-order chi connectivity index (χ0) is 22.6. The Labute approximate surface area is 185 Å². The molecule has 6 nitrogen and oxygen atoms in total. The molecule has 4 rings (SSSR count). The van der Waals surface area contributed by atoms with Crippen molar-refractivity contribution in [2.24, 2.45) is 39.9 Å². The summed E-state index contributed by atoms with van der Waals surface area (Å²) in [5.41, 5.74) is -0.0986. The minimum atomic E-state index is -0.460. The topological polar surface area (TPSA) is 78.9 Å². The van der Waals surface area contributed by atoms with Crippen molar-refractivity contribution in [1.29, 1.82) is 0 Å². The molecule has 4 aliphatic rings. The Morgan fingerprint density at radius 1 is 1.13 bits per heavy atom. The van der Waals surface area contributed by atoms with Crippen LogP contribution in [0, 0.1) is 39.9 Å². The van der Waals surface area contributed by atoms with E-state index in [1.165, 1.54) is 13.3 Å². The number of fused-ring (bicyclic) bond motifs is 5. The SMILES string of the molecule is CCC(=O)OCC12CCCC(C)(C)C1CCC1(C)C3COC(=O)C3C(OC(C)=O)CC12. The molecule has 31 heavy (non-hydrogen) atoms. The molecule has 7 unspecified atom stereocenters. The average Bonchev–Trinajstić information content (AvgIpc) is 3.09. The van der Waals surface area contributed by atoms with Crippen molar-refractivity contribution in [3.8, 4) is 0 Å². The van der Waals surface area contributed by atoms with Crippen LogP contribution in [0.1, 0.15) is 79.6 Å². The van der Waals surface area contributed by atoms with Crippen molar-refractivity contribution in [1.82, 2.24) is 0 Å². The van der Waals surface area contributed by atoms with Crippen molar-refractivity contribution in [3.05, 3.63) is 0 Å². The third-order valence-electron chi connectivity index (χ3n) is 9.50. The van der Waals surface area contributed by atoms with E-state index in [0.29, 0.717) is 32.0 Å². The molecule has 0 aromatic carbocycles. The third-order valence-corrected chi connectivity index (χ3v) is 9.50. The van der Waals surface area contributed by atoms with Crippen LogP contribution in [0.15, 0.2) is 0 Å². The van der Waals surface area contributed by atoms with Crippen molar-refractivity contribution >= 4 is 17.9 Å². The highest BCUT2D eigenvalue weighted by Gasteiger charge is 2.68. The molecule has 174 valence electrons. The fourth-order valence-corrected chi connectivity index (χ4v) is 8.18. The first-order chi connectivity index (χ1) is 14.5. The zero-order valence-corrected chi connectivity index (χ0v) is 19.7. The molecule has 0 N–H and O–H groups in total. The van der Waals surface area contributed by atoms with Gasteiger partial charge in [-0.05, 0) is 54.8 Å². The molecule has 3 saturated carbocycles. The largest absolute Gasteiger partial charge is 0.465 e. The molecule has 7 atom stereocenters. The molecule has 4 fully saturated rings. The summed E-state index contributed by atoms with van der Waals surface area (Å²) < 4.78 is 17.2. The molecular weight excluding hydrogens is 396 g/mol. The van der Waals surface area contributed by atoms with Gasteiger partial charge in [0.15, 0.2) is 0 Å². The van der Waals surface area contributed by atoms with E-state index in [1.54, 1.807) is 0 Å². The smallest absolute Gasteiger partial charge is 0.313 e. The fraction of sp³-hybridized carbons (Fsp3) is 0.880. The number of cyclic esters (lactones) is 1. The van der Waals surface area contributed by atoms with Crippen LogP contribution in [-0.4, -0.2) is 37.2 Å². The highest BCUT2D eigenvalue weighted by Crippen LogP contribution is 2.70. The van der Waals surface area contributed by atoms with Crippen LogP contribution >= 0.6 is 0 Å². The maximum absolute atomic E-state index is 12.7. The van der Waals surface area contributed by atoms with E-state index >= 15 is 0 Å². The quantitative estimate of drug-likeness (QED) is 0.485. The van der Waals surface area contributed by atoms with Crippen LogP contribution in [0.25, 0.3) is 0 Å². The lowest BCUT2D eigenvalue weighted by molar-refractivity contribution is -0.221. The Bertz CT molecular complexity index is 759. The van der Waals surface area contributed by atoms with Gasteiger partial charge in [0.1, 0.15) is 12.0 Å². The lowest BCUT2D eigenvalue weighted by atomic mass is 9.38. The standard InChI is InChI=1S/C25H38O6/c1-6-20(27)30-14-25-10-7-9-23(3,4)18(25)8-11-24(5)16-13-29-22(28)21(16)17(12-19(24)25)31-15(2)26/h16-19,21H,6-14H2,1-5H3. The third kappa shape index (κ3) is 3.48. The summed E-state index contributed by atoms with van der Waals surface area (Å²) in [5.74, 6) is -0.440. The number of carbonyl (C=O) groups excluding carboxylic acids is 3. The first-order valence-electron chi connectivity index (χ1n) is 12.0. The molecule has 1 aliphatic heterocycles. The maximum atomic E-state index is 12.7. The van der Waals surface area contributed by atoms with Gasteiger partial charge in [0.05, 0.1) is 13.2 Å². The molecular formula is C25H38O6. The van der Waals surface area contributed by atoms with E-state index < -0.39 is 6.10 Å². The fourth-order valence-electron chi connectivity index (χ4n) is 8.18. The van der Waals surface area contributed by atoms with Gasteiger partial charge in [-0.2, -0.15) is 0 Å². The average molecular weight is 435 g/mol. The molecule has 0 aromatic rings. The Kier molecular flexibility index (Phi) is 5.66. The number of hydrogen-bond acceptors (Lipinski definition) is 6. The minimum Gasteiger partial charge on any atom is -0.465 e. The normalized spacial score (nSPS) is 43.1. The van der Waals surface area contributed by atoms with Gasteiger partial charge in [0, 0.05) is 24.7 Å². The van der Waals surface area contributed by atoms with Gasteiger partial charge < -0.3 is 14.2 Å². The summed E-state index contributed by atoms with van der Waals surface area (Å²) in [4.78, 5) is 36.8. The van der Waals surface area contributed by atoms with Crippen molar-refractivity contribution in [3.63, 3.8) is 0 Å². The van der Waals surface area contributed by atoms with Gasteiger partial charge in [0.2, 0.25) is 0 Å². The second-order valence-corrected chi connectivity index (χ2v) is 11.4. The van der Waals surface area contributed by atoms with Gasteiger partial charge >= 0.3 is 17.9 Å². The summed E-state index contributed by atoms with van der Waals surface area (Å²) in [6.07, 6.45) is 5.93. The van der Waals surface area contributed by atoms with Gasteiger partial charge in [-0.1, -0.05) is 34.1 Å². The van der Waals surface area contributed by atoms with E-state index in [0.717, 1.165) is 25.7 Å². The second-order valence-electron chi connectivity index (χ2n) is 11.4. The number of rotatable bonds is 4.